The summed E-state index contributed by atoms with van der Waals surface area (Å²) in [6.07, 6.45) is 3.97. The highest BCUT2D eigenvalue weighted by Gasteiger charge is 2.35. The van der Waals surface area contributed by atoms with Crippen molar-refractivity contribution in [3.63, 3.8) is 0 Å². The van der Waals surface area contributed by atoms with Gasteiger partial charge in [0.15, 0.2) is 0 Å². The molecule has 0 bridgehead atoms. The normalized spacial score (nSPS) is 16.1. The van der Waals surface area contributed by atoms with Gasteiger partial charge in [0.2, 0.25) is 35.4 Å². The Labute approximate surface area is 419 Å². The summed E-state index contributed by atoms with van der Waals surface area (Å²) in [6, 6.07) is 20.9. The first-order valence-electron chi connectivity index (χ1n) is 23.2. The van der Waals surface area contributed by atoms with Crippen LogP contribution in [0.15, 0.2) is 81.6 Å². The Morgan fingerprint density at radius 1 is 0.571 bits per heavy atom. The van der Waals surface area contributed by atoms with Gasteiger partial charge in [0.1, 0.15) is 36.3 Å². The lowest BCUT2D eigenvalue weighted by molar-refractivity contribution is -0.118. The van der Waals surface area contributed by atoms with Gasteiger partial charge < -0.3 is 37.6 Å². The summed E-state index contributed by atoms with van der Waals surface area (Å²) in [4.78, 5) is 31.3. The van der Waals surface area contributed by atoms with E-state index in [9.17, 15) is 18.4 Å². The summed E-state index contributed by atoms with van der Waals surface area (Å²) in [5.41, 5.74) is 6.09. The molecule has 10 rings (SSSR count). The molecule has 0 saturated heterocycles. The van der Waals surface area contributed by atoms with Crippen LogP contribution >= 0.6 is 31.9 Å². The van der Waals surface area contributed by atoms with E-state index in [0.29, 0.717) is 102 Å². The Hall–Kier alpha value is -6.08. The van der Waals surface area contributed by atoms with Crippen LogP contribution in [0.1, 0.15) is 107 Å². The topological polar surface area (TPSA) is 155 Å². The van der Waals surface area contributed by atoms with Crippen LogP contribution in [0.4, 0.5) is 20.2 Å². The van der Waals surface area contributed by atoms with Gasteiger partial charge in [-0.2, -0.15) is 0 Å². The molecule has 0 N–H and O–H groups in total. The van der Waals surface area contributed by atoms with Crippen LogP contribution in [-0.2, 0) is 32.2 Å². The molecular formula is C52H48Br2F2N6O8. The average molecular weight is 1080 g/mol. The molecule has 2 saturated carbocycles. The lowest BCUT2D eigenvalue weighted by Crippen LogP contribution is -2.30. The van der Waals surface area contributed by atoms with Crippen molar-refractivity contribution < 1.29 is 46.2 Å². The molecule has 18 heteroatoms. The lowest BCUT2D eigenvalue weighted by Gasteiger charge is -2.24. The number of carbonyl (C=O) groups is 2. The summed E-state index contributed by atoms with van der Waals surface area (Å²) in [5, 5.41) is 17.1. The molecule has 2 fully saturated rings. The second-order valence-electron chi connectivity index (χ2n) is 17.8. The summed E-state index contributed by atoms with van der Waals surface area (Å²) in [6.45, 7) is 5.29. The van der Waals surface area contributed by atoms with E-state index in [4.69, 9.17) is 27.8 Å². The molecule has 14 nitrogen and oxygen atoms in total. The van der Waals surface area contributed by atoms with Gasteiger partial charge in [-0.25, -0.2) is 8.78 Å². The molecule has 2 aliphatic carbocycles. The number of aromatic nitrogens is 4. The summed E-state index contributed by atoms with van der Waals surface area (Å²) >= 11 is 7.51. The van der Waals surface area contributed by atoms with E-state index < -0.39 is 0 Å². The van der Waals surface area contributed by atoms with Gasteiger partial charge in [0.25, 0.3) is 0 Å². The van der Waals surface area contributed by atoms with Crippen LogP contribution in [0.3, 0.4) is 0 Å². The highest BCUT2D eigenvalue weighted by molar-refractivity contribution is 9.15. The van der Waals surface area contributed by atoms with E-state index in [0.717, 1.165) is 36.8 Å². The summed E-state index contributed by atoms with van der Waals surface area (Å²) in [5.74, 6) is 2.16. The largest absolute Gasteiger partial charge is 0.491 e. The van der Waals surface area contributed by atoms with E-state index >= 15 is 0 Å². The third-order valence-electron chi connectivity index (χ3n) is 12.6. The first-order valence-corrected chi connectivity index (χ1v) is 24.8. The number of nitrogens with zero attached hydrogens (tertiary/aromatic N) is 6. The molecule has 0 radical (unpaired) electrons. The van der Waals surface area contributed by atoms with Crippen LogP contribution in [0.5, 0.6) is 11.5 Å². The Balaban J connectivity index is 0.739. The summed E-state index contributed by atoms with van der Waals surface area (Å²) < 4.78 is 66.5. The zero-order valence-corrected chi connectivity index (χ0v) is 41.6. The predicted octanol–water partition coefficient (Wildman–Crippen LogP) is 11.0. The molecule has 4 aromatic carbocycles. The second kappa shape index (κ2) is 20.7. The fourth-order valence-corrected chi connectivity index (χ4v) is 9.54. The van der Waals surface area contributed by atoms with Crippen LogP contribution < -0.4 is 19.3 Å². The van der Waals surface area contributed by atoms with Crippen LogP contribution in [-0.4, -0.2) is 71.9 Å². The molecular weight excluding hydrogens is 1030 g/mol. The molecule has 2 aromatic heterocycles. The maximum Gasteiger partial charge on any atom is 0.245 e. The van der Waals surface area contributed by atoms with Crippen molar-refractivity contribution in [2.45, 2.75) is 77.3 Å². The van der Waals surface area contributed by atoms with Crippen molar-refractivity contribution in [3.8, 4) is 11.5 Å². The van der Waals surface area contributed by atoms with E-state index in [2.05, 4.69) is 52.3 Å². The maximum atomic E-state index is 14.7. The molecule has 4 aliphatic rings. The van der Waals surface area contributed by atoms with Gasteiger partial charge >= 0.3 is 0 Å². The number of anilines is 2. The van der Waals surface area contributed by atoms with Crippen molar-refractivity contribution in [1.29, 1.82) is 0 Å². The van der Waals surface area contributed by atoms with Crippen LogP contribution in [0.25, 0.3) is 20.1 Å². The van der Waals surface area contributed by atoms with Gasteiger partial charge in [-0.3, -0.25) is 9.59 Å². The number of hydrogen-bond acceptors (Lipinski definition) is 12. The molecule has 0 spiro atoms. The van der Waals surface area contributed by atoms with Gasteiger partial charge in [0.05, 0.1) is 63.7 Å². The second-order valence-corrected chi connectivity index (χ2v) is 19.4. The molecule has 4 heterocycles. The minimum atomic E-state index is -0.344. The highest BCUT2D eigenvalue weighted by Crippen LogP contribution is 2.47. The molecule has 2 amide bonds. The Morgan fingerprint density at radius 3 is 1.39 bits per heavy atom. The zero-order chi connectivity index (χ0) is 48.5. The number of aryl methyl sites for hydroxylation is 2. The van der Waals surface area contributed by atoms with Crippen molar-refractivity contribution in [3.05, 3.63) is 141 Å². The minimum Gasteiger partial charge on any atom is -0.491 e. The first kappa shape index (κ1) is 47.6. The van der Waals surface area contributed by atoms with Gasteiger partial charge in [-0.15, -0.1) is 20.4 Å². The number of hydrogen-bond donors (Lipinski definition) is 0. The fourth-order valence-electron chi connectivity index (χ4n) is 8.25. The number of carbonyl (C=O) groups excluding carboxylic acids is 2. The number of rotatable bonds is 19. The quantitative estimate of drug-likeness (QED) is 0.0709. The average Bonchev–Trinajstić information content (AvgIpc) is 4.30. The van der Waals surface area contributed by atoms with Crippen molar-refractivity contribution in [1.82, 2.24) is 20.4 Å². The van der Waals surface area contributed by atoms with Crippen molar-refractivity contribution in [2.24, 2.45) is 0 Å². The molecule has 6 aromatic rings. The van der Waals surface area contributed by atoms with Crippen LogP contribution in [0, 0.1) is 25.5 Å². The number of amides is 2. The van der Waals surface area contributed by atoms with Gasteiger partial charge in [0, 0.05) is 55.2 Å². The predicted molar refractivity (Wildman–Crippen MR) is 263 cm³/mol. The highest BCUT2D eigenvalue weighted by atomic mass is 79.9. The van der Waals surface area contributed by atoms with Crippen molar-refractivity contribution in [2.75, 3.05) is 49.4 Å². The van der Waals surface area contributed by atoms with Gasteiger partial charge in [-0.05, 0) is 130 Å². The SMILES string of the molecule is Cc1ccc(CN2C(=O)CC(c3nnc(C4CC4)o3)=C(Br)c3ccc(OCCOCCOCCOc4ccc5c(c4)N(Cc4ccc(C)c(F)c4)C(=O)CC(c4nnc(C6CC6)o4)=C5Br)cc32)cc1F. The number of halogens is 4. The van der Waals surface area contributed by atoms with Gasteiger partial charge in [-0.1, -0.05) is 24.3 Å². The maximum absolute atomic E-state index is 14.7. The molecule has 362 valence electrons. The number of ether oxygens (including phenoxy) is 4. The third kappa shape index (κ3) is 10.6. The Kier molecular flexibility index (Phi) is 14.1. The third-order valence-corrected chi connectivity index (χ3v) is 14.4. The Bertz CT molecular complexity index is 2840. The van der Waals surface area contributed by atoms with Crippen molar-refractivity contribution >= 4 is 75.2 Å². The zero-order valence-electron chi connectivity index (χ0n) is 38.4. The van der Waals surface area contributed by atoms with Crippen LogP contribution in [0.2, 0.25) is 0 Å². The first-order chi connectivity index (χ1) is 34.0. The lowest BCUT2D eigenvalue weighted by atomic mass is 10.1. The smallest absolute Gasteiger partial charge is 0.245 e. The molecule has 70 heavy (non-hydrogen) atoms. The summed E-state index contributed by atoms with van der Waals surface area (Å²) in [7, 11) is 0. The number of benzene rings is 4. The minimum absolute atomic E-state index is 0.00999. The monoisotopic (exact) mass is 1080 g/mol. The molecule has 0 atom stereocenters. The van der Waals surface area contributed by atoms with E-state index in [1.165, 1.54) is 12.1 Å². The van der Waals surface area contributed by atoms with E-state index in [1.807, 2.05) is 36.4 Å². The molecule has 2 aliphatic heterocycles. The van der Waals surface area contributed by atoms with E-state index in [-0.39, 0.29) is 87.6 Å². The number of fused-ring (bicyclic) bond motifs is 2. The molecule has 0 unspecified atom stereocenters. The van der Waals surface area contributed by atoms with E-state index in [1.54, 1.807) is 47.9 Å². The standard InChI is InChI=1S/C52H48Br2F2N6O8/c1-29-3-5-31(21-41(29)55)27-61-43-23-35(11-13-37(43)47(53)39(25-45(61)63)51-59-57-49(69-51)33-7-8-33)67-19-17-65-15-16-66-18-20-68-36-12-14-38-44(24-36)62(28-32-6-4-30(2)42(56)22-32)46(64)26-40(48(38)54)52-60-58-50(70-52)34-9-10-34/h3-6,11-14,21-24,33-34H,7-10,15-20,25-28H2,1-2H3. The Morgan fingerprint density at radius 2 is 0.986 bits per heavy atom. The fraction of sp³-hybridized carbons (Fsp3) is 0.346.